The number of carbonyl (C=O) groups excluding carboxylic acids is 1. The summed E-state index contributed by atoms with van der Waals surface area (Å²) in [4.78, 5) is 17.9. The quantitative estimate of drug-likeness (QED) is 0.917. The number of nitrogen functional groups attached to an aromatic ring is 1. The minimum atomic E-state index is 0. The number of nitrogens with zero attached hydrogens (tertiary/aromatic N) is 2. The van der Waals surface area contributed by atoms with E-state index in [0.29, 0.717) is 16.5 Å². The Balaban J connectivity index is 0.00000176. The van der Waals surface area contributed by atoms with E-state index in [2.05, 4.69) is 4.90 Å². The molecule has 0 radical (unpaired) electrons. The van der Waals surface area contributed by atoms with E-state index in [1.54, 1.807) is 0 Å². The van der Waals surface area contributed by atoms with Gasteiger partial charge in [-0.25, -0.2) is 0 Å². The van der Waals surface area contributed by atoms with Gasteiger partial charge in [0.05, 0.1) is 5.69 Å². The van der Waals surface area contributed by atoms with Crippen molar-refractivity contribution >= 4 is 35.3 Å². The summed E-state index contributed by atoms with van der Waals surface area (Å²) in [6.07, 6.45) is 6.42. The molecule has 2 saturated heterocycles. The van der Waals surface area contributed by atoms with Crippen LogP contribution in [0, 0.1) is 5.92 Å². The highest BCUT2D eigenvalue weighted by Crippen LogP contribution is 2.25. The molecule has 3 rings (SSSR count). The molecule has 22 heavy (non-hydrogen) atoms. The van der Waals surface area contributed by atoms with Gasteiger partial charge in [-0.05, 0) is 56.1 Å². The summed E-state index contributed by atoms with van der Waals surface area (Å²) >= 11 is 1.46. The topological polar surface area (TPSA) is 49.6 Å². The Bertz CT molecular complexity index is 487. The van der Waals surface area contributed by atoms with Crippen LogP contribution in [-0.4, -0.2) is 48.4 Å². The molecule has 0 aromatic carbocycles. The van der Waals surface area contributed by atoms with Crippen molar-refractivity contribution in [3.8, 4) is 0 Å². The lowest BCUT2D eigenvalue weighted by atomic mass is 9.96. The van der Waals surface area contributed by atoms with Gasteiger partial charge in [-0.2, -0.15) is 0 Å². The Hall–Kier alpha value is -0.780. The van der Waals surface area contributed by atoms with Gasteiger partial charge in [0, 0.05) is 19.6 Å². The SMILES string of the molecule is Cl.Nc1ccsc1C(=O)N1CCCC(CN2CCCCC2)C1. The number of carbonyl (C=O) groups is 1. The van der Waals surface area contributed by atoms with Crippen molar-refractivity contribution in [1.29, 1.82) is 0 Å². The zero-order valence-corrected chi connectivity index (χ0v) is 14.6. The van der Waals surface area contributed by atoms with E-state index in [-0.39, 0.29) is 18.3 Å². The molecule has 0 aliphatic carbocycles. The summed E-state index contributed by atoms with van der Waals surface area (Å²) in [6.45, 7) is 5.41. The molecule has 1 unspecified atom stereocenters. The third kappa shape index (κ3) is 4.15. The second-order valence-electron chi connectivity index (χ2n) is 6.33. The van der Waals surface area contributed by atoms with Crippen LogP contribution in [-0.2, 0) is 0 Å². The zero-order valence-electron chi connectivity index (χ0n) is 13.0. The Morgan fingerprint density at radius 3 is 2.68 bits per heavy atom. The predicted molar refractivity (Wildman–Crippen MR) is 94.9 cm³/mol. The van der Waals surface area contributed by atoms with Crippen molar-refractivity contribution in [2.45, 2.75) is 32.1 Å². The highest BCUT2D eigenvalue weighted by molar-refractivity contribution is 7.12. The molecule has 4 nitrogen and oxygen atoms in total. The molecule has 1 aromatic heterocycles. The van der Waals surface area contributed by atoms with Gasteiger partial charge in [-0.3, -0.25) is 4.79 Å². The van der Waals surface area contributed by atoms with Gasteiger partial charge < -0.3 is 15.5 Å². The van der Waals surface area contributed by atoms with E-state index >= 15 is 0 Å². The van der Waals surface area contributed by atoms with Crippen LogP contribution in [0.3, 0.4) is 0 Å². The van der Waals surface area contributed by atoms with Crippen LogP contribution < -0.4 is 5.73 Å². The minimum absolute atomic E-state index is 0. The first-order valence-corrected chi connectivity index (χ1v) is 8.96. The van der Waals surface area contributed by atoms with Gasteiger partial charge in [0.25, 0.3) is 5.91 Å². The summed E-state index contributed by atoms with van der Waals surface area (Å²) < 4.78 is 0. The van der Waals surface area contributed by atoms with E-state index in [9.17, 15) is 4.79 Å². The largest absolute Gasteiger partial charge is 0.397 e. The first kappa shape index (κ1) is 17.6. The highest BCUT2D eigenvalue weighted by Gasteiger charge is 2.27. The normalized spacial score (nSPS) is 23.1. The van der Waals surface area contributed by atoms with E-state index in [0.717, 1.165) is 26.1 Å². The van der Waals surface area contributed by atoms with Crippen molar-refractivity contribution in [2.75, 3.05) is 38.5 Å². The van der Waals surface area contributed by atoms with Gasteiger partial charge in [0.1, 0.15) is 4.88 Å². The molecular weight excluding hydrogens is 318 g/mol. The predicted octanol–water partition coefficient (Wildman–Crippen LogP) is 3.09. The Morgan fingerprint density at radius 2 is 2.00 bits per heavy atom. The van der Waals surface area contributed by atoms with Crippen LogP contribution in [0.2, 0.25) is 0 Å². The van der Waals surface area contributed by atoms with E-state index in [1.165, 1.54) is 50.1 Å². The van der Waals surface area contributed by atoms with E-state index < -0.39 is 0 Å². The molecule has 0 saturated carbocycles. The Morgan fingerprint density at radius 1 is 1.23 bits per heavy atom. The number of likely N-dealkylation sites (tertiary alicyclic amines) is 2. The fraction of sp³-hybridized carbons (Fsp3) is 0.688. The maximum atomic E-state index is 12.6. The highest BCUT2D eigenvalue weighted by atomic mass is 35.5. The summed E-state index contributed by atoms with van der Waals surface area (Å²) in [5, 5.41) is 1.90. The average Bonchev–Trinajstić information content (AvgIpc) is 2.94. The van der Waals surface area contributed by atoms with Crippen molar-refractivity contribution in [2.24, 2.45) is 5.92 Å². The third-order valence-corrected chi connectivity index (χ3v) is 5.58. The number of halogens is 1. The maximum Gasteiger partial charge on any atom is 0.266 e. The smallest absolute Gasteiger partial charge is 0.266 e. The van der Waals surface area contributed by atoms with Crippen LogP contribution in [0.25, 0.3) is 0 Å². The van der Waals surface area contributed by atoms with E-state index in [4.69, 9.17) is 5.73 Å². The van der Waals surface area contributed by atoms with Crippen LogP contribution in [0.4, 0.5) is 5.69 Å². The monoisotopic (exact) mass is 343 g/mol. The summed E-state index contributed by atoms with van der Waals surface area (Å²) in [6, 6.07) is 1.83. The number of hydrogen-bond acceptors (Lipinski definition) is 4. The lowest BCUT2D eigenvalue weighted by molar-refractivity contribution is 0.0636. The van der Waals surface area contributed by atoms with Gasteiger partial charge >= 0.3 is 0 Å². The van der Waals surface area contributed by atoms with Gasteiger partial charge in [0.15, 0.2) is 0 Å². The second kappa shape index (κ2) is 8.18. The summed E-state index contributed by atoms with van der Waals surface area (Å²) in [5.41, 5.74) is 6.51. The van der Waals surface area contributed by atoms with Gasteiger partial charge in [-0.1, -0.05) is 6.42 Å². The molecule has 2 fully saturated rings. The maximum absolute atomic E-state index is 12.6. The Kier molecular flexibility index (Phi) is 6.53. The van der Waals surface area contributed by atoms with Crippen molar-refractivity contribution in [3.63, 3.8) is 0 Å². The number of piperidine rings is 2. The van der Waals surface area contributed by atoms with Gasteiger partial charge in [-0.15, -0.1) is 23.7 Å². The molecule has 3 heterocycles. The van der Waals surface area contributed by atoms with E-state index in [1.807, 2.05) is 16.3 Å². The lowest BCUT2D eigenvalue weighted by Crippen LogP contribution is -2.44. The molecule has 1 atom stereocenters. The number of rotatable bonds is 3. The molecule has 0 spiro atoms. The number of thiophene rings is 1. The number of amides is 1. The second-order valence-corrected chi connectivity index (χ2v) is 7.24. The summed E-state index contributed by atoms with van der Waals surface area (Å²) in [7, 11) is 0. The fourth-order valence-corrected chi connectivity index (χ4v) is 4.33. The molecule has 6 heteroatoms. The Labute approximate surface area is 143 Å². The molecule has 1 amide bonds. The van der Waals surface area contributed by atoms with Crippen LogP contribution in [0.15, 0.2) is 11.4 Å². The summed E-state index contributed by atoms with van der Waals surface area (Å²) in [5.74, 6) is 0.757. The van der Waals surface area contributed by atoms with Crippen molar-refractivity contribution in [1.82, 2.24) is 9.80 Å². The first-order chi connectivity index (χ1) is 10.2. The zero-order chi connectivity index (χ0) is 14.7. The molecule has 2 N–H and O–H groups in total. The van der Waals surface area contributed by atoms with Crippen LogP contribution >= 0.6 is 23.7 Å². The number of anilines is 1. The molecular formula is C16H26ClN3OS. The molecule has 124 valence electrons. The molecule has 1 aromatic rings. The lowest BCUT2D eigenvalue weighted by Gasteiger charge is -2.36. The number of nitrogens with two attached hydrogens (primary N) is 1. The standard InChI is InChI=1S/C16H25N3OS.ClH/c17-14-6-10-21-15(14)16(20)19-9-4-5-13(12-19)11-18-7-2-1-3-8-18;/h6,10,13H,1-5,7-9,11-12,17H2;1H. The van der Waals surface area contributed by atoms with Crippen molar-refractivity contribution < 1.29 is 4.79 Å². The number of hydrogen-bond donors (Lipinski definition) is 1. The molecule has 2 aliphatic rings. The average molecular weight is 344 g/mol. The van der Waals surface area contributed by atoms with Crippen LogP contribution in [0.5, 0.6) is 0 Å². The van der Waals surface area contributed by atoms with Gasteiger partial charge in [0.2, 0.25) is 0 Å². The minimum Gasteiger partial charge on any atom is -0.397 e. The van der Waals surface area contributed by atoms with Crippen LogP contribution in [0.1, 0.15) is 41.8 Å². The molecule has 0 bridgehead atoms. The fourth-order valence-electron chi connectivity index (χ4n) is 3.54. The third-order valence-electron chi connectivity index (χ3n) is 4.66. The molecule has 2 aliphatic heterocycles. The first-order valence-electron chi connectivity index (χ1n) is 8.08. The van der Waals surface area contributed by atoms with Crippen molar-refractivity contribution in [3.05, 3.63) is 16.3 Å².